The lowest BCUT2D eigenvalue weighted by Gasteiger charge is -2.39. The van der Waals surface area contributed by atoms with Crippen LogP contribution in [0.1, 0.15) is 22.7 Å². The number of halogens is 6. The number of hydrogen-bond acceptors (Lipinski definition) is 4. The molecule has 0 saturated heterocycles. The van der Waals surface area contributed by atoms with Gasteiger partial charge in [0.05, 0.1) is 22.1 Å². The normalized spacial score (nSPS) is 22.3. The van der Waals surface area contributed by atoms with Crippen molar-refractivity contribution in [2.45, 2.75) is 18.4 Å². The van der Waals surface area contributed by atoms with Crippen molar-refractivity contribution in [3.05, 3.63) is 63.5 Å². The molecule has 2 aromatic rings. The Balaban J connectivity index is 2.12. The Hall–Kier alpha value is -2.89. The molecule has 0 bridgehead atoms. The summed E-state index contributed by atoms with van der Waals surface area (Å²) in [7, 11) is 0.751. The lowest BCUT2D eigenvalue weighted by Crippen LogP contribution is -2.61. The first-order valence-electron chi connectivity index (χ1n) is 7.75. The molecule has 150 valence electrons. The van der Waals surface area contributed by atoms with E-state index in [9.17, 15) is 36.5 Å². The summed E-state index contributed by atoms with van der Waals surface area (Å²) < 4.78 is 76.9. The van der Waals surface area contributed by atoms with Crippen LogP contribution in [0.4, 0.5) is 32.0 Å². The first-order valence-corrected chi connectivity index (χ1v) is 7.75. The summed E-state index contributed by atoms with van der Waals surface area (Å²) in [5.41, 5.74) is -1.49. The summed E-state index contributed by atoms with van der Waals surface area (Å²) in [6, 6.07) is 4.72. The fourth-order valence-corrected chi connectivity index (χ4v) is 2.89. The highest BCUT2D eigenvalue weighted by Gasteiger charge is 2.59. The summed E-state index contributed by atoms with van der Waals surface area (Å²) in [5, 5.41) is 11.0. The molecular formula is C16H12F6N3O3+. The second-order valence-electron chi connectivity index (χ2n) is 6.34. The van der Waals surface area contributed by atoms with Crippen LogP contribution in [0, 0.1) is 10.1 Å². The Morgan fingerprint density at radius 3 is 2.36 bits per heavy atom. The van der Waals surface area contributed by atoms with Crippen molar-refractivity contribution in [3.8, 4) is 5.75 Å². The molecule has 3 rings (SSSR count). The lowest BCUT2D eigenvalue weighted by atomic mass is 9.91. The average molecular weight is 408 g/mol. The minimum absolute atomic E-state index is 0.0429. The number of hydrogen-bond donors (Lipinski definition) is 0. The van der Waals surface area contributed by atoms with Crippen LogP contribution in [0.15, 0.2) is 36.5 Å². The van der Waals surface area contributed by atoms with E-state index in [4.69, 9.17) is 4.84 Å². The topological polar surface area (TPSA) is 65.3 Å². The summed E-state index contributed by atoms with van der Waals surface area (Å²) >= 11 is 0. The zero-order valence-corrected chi connectivity index (χ0v) is 14.1. The predicted molar refractivity (Wildman–Crippen MR) is 81.9 cm³/mol. The number of benzene rings is 1. The molecule has 1 unspecified atom stereocenters. The lowest BCUT2D eigenvalue weighted by molar-refractivity contribution is -1.14. The van der Waals surface area contributed by atoms with Crippen molar-refractivity contribution in [1.82, 2.24) is 4.98 Å². The predicted octanol–water partition coefficient (Wildman–Crippen LogP) is 4.41. The molecule has 28 heavy (non-hydrogen) atoms. The Morgan fingerprint density at radius 1 is 1.18 bits per heavy atom. The van der Waals surface area contributed by atoms with Gasteiger partial charge in [-0.1, -0.05) is 0 Å². The number of aromatic nitrogens is 1. The number of quaternary nitrogens is 1. The number of non-ortho nitro benzene ring substituents is 1. The molecule has 1 aliphatic rings. The van der Waals surface area contributed by atoms with E-state index in [1.807, 2.05) is 0 Å². The molecule has 1 aliphatic heterocycles. The van der Waals surface area contributed by atoms with Gasteiger partial charge in [0, 0.05) is 23.9 Å². The third kappa shape index (κ3) is 3.46. The molecular weight excluding hydrogens is 396 g/mol. The number of nitrogens with zero attached hydrogens (tertiary/aromatic N) is 3. The van der Waals surface area contributed by atoms with Crippen molar-refractivity contribution in [1.29, 1.82) is 0 Å². The molecule has 0 N–H and O–H groups in total. The summed E-state index contributed by atoms with van der Waals surface area (Å²) in [6.45, 7) is -0.754. The van der Waals surface area contributed by atoms with Crippen LogP contribution >= 0.6 is 0 Å². The van der Waals surface area contributed by atoms with E-state index >= 15 is 0 Å². The number of rotatable bonds is 2. The molecule has 12 heteroatoms. The Bertz CT molecular complexity index is 913. The van der Waals surface area contributed by atoms with Crippen LogP contribution in [0.3, 0.4) is 0 Å². The van der Waals surface area contributed by atoms with Crippen molar-refractivity contribution in [3.63, 3.8) is 0 Å². The fraction of sp³-hybridized carbons (Fsp3) is 0.312. The summed E-state index contributed by atoms with van der Waals surface area (Å²) in [4.78, 5) is 19.0. The van der Waals surface area contributed by atoms with E-state index in [1.165, 1.54) is 0 Å². The van der Waals surface area contributed by atoms with Gasteiger partial charge in [-0.05, 0) is 22.8 Å². The third-order valence-corrected chi connectivity index (χ3v) is 4.42. The smallest absolute Gasteiger partial charge is 0.307 e. The molecule has 2 atom stereocenters. The molecule has 0 amide bonds. The van der Waals surface area contributed by atoms with Gasteiger partial charge in [0.1, 0.15) is 13.6 Å². The number of hydroxylamine groups is 3. The van der Waals surface area contributed by atoms with E-state index < -0.39 is 40.1 Å². The first kappa shape index (κ1) is 19.9. The second-order valence-corrected chi connectivity index (χ2v) is 6.34. The van der Waals surface area contributed by atoms with Crippen LogP contribution in [0.2, 0.25) is 0 Å². The van der Waals surface area contributed by atoms with Gasteiger partial charge >= 0.3 is 12.5 Å². The molecule has 0 saturated carbocycles. The quantitative estimate of drug-likeness (QED) is 0.243. The van der Waals surface area contributed by atoms with E-state index in [0.29, 0.717) is 12.3 Å². The first-order chi connectivity index (χ1) is 12.8. The molecule has 0 fully saturated rings. The maximum absolute atomic E-state index is 13.5. The molecule has 6 nitrogen and oxygen atoms in total. The monoisotopic (exact) mass is 408 g/mol. The standard InChI is InChI=1S/C16H12F6N3O3/c1-25(16(20,21)22)8-12(13-4-2-9(7-23-13)15(17,18)19)11-6-10(24(26)27)3-5-14(11)28-25/h2-7,12H,8H2,1H3/q+1/t12?,25-/m0/s1. The van der Waals surface area contributed by atoms with Gasteiger partial charge < -0.3 is 4.84 Å². The molecule has 1 aromatic heterocycles. The van der Waals surface area contributed by atoms with Gasteiger partial charge in [-0.25, -0.2) is 0 Å². The van der Waals surface area contributed by atoms with Crippen LogP contribution in [0.25, 0.3) is 0 Å². The van der Waals surface area contributed by atoms with E-state index in [2.05, 4.69) is 4.98 Å². The molecule has 0 spiro atoms. The molecule has 2 heterocycles. The minimum atomic E-state index is -4.84. The van der Waals surface area contributed by atoms with Crippen LogP contribution in [-0.2, 0) is 6.18 Å². The number of fused-ring (bicyclic) bond motifs is 1. The second kappa shape index (κ2) is 6.33. The van der Waals surface area contributed by atoms with E-state index in [1.54, 1.807) is 0 Å². The van der Waals surface area contributed by atoms with Gasteiger partial charge in [0.25, 0.3) is 5.69 Å². The molecule has 0 radical (unpaired) electrons. The molecule has 1 aromatic carbocycles. The number of nitro benzene ring substituents is 1. The SMILES string of the molecule is C[N@@+]1(C(F)(F)F)CC(c2ccc(C(F)(F)F)cn2)c2cc([N+](=O)[O-])ccc2O1. The fourth-order valence-electron chi connectivity index (χ4n) is 2.89. The maximum Gasteiger partial charge on any atom is 0.601 e. The highest BCUT2D eigenvalue weighted by molar-refractivity contribution is 5.48. The zero-order valence-electron chi connectivity index (χ0n) is 14.1. The third-order valence-electron chi connectivity index (χ3n) is 4.42. The number of pyridine rings is 1. The van der Waals surface area contributed by atoms with Crippen molar-refractivity contribution in [2.24, 2.45) is 0 Å². The van der Waals surface area contributed by atoms with Gasteiger partial charge in [-0.2, -0.15) is 13.2 Å². The van der Waals surface area contributed by atoms with Gasteiger partial charge in [-0.15, -0.1) is 13.2 Å². The zero-order chi connectivity index (χ0) is 20.9. The highest BCUT2D eigenvalue weighted by atomic mass is 19.4. The Labute approximate surface area is 153 Å². The van der Waals surface area contributed by atoms with Crippen molar-refractivity contribution >= 4 is 5.69 Å². The maximum atomic E-state index is 13.5. The van der Waals surface area contributed by atoms with Crippen LogP contribution < -0.4 is 4.84 Å². The van der Waals surface area contributed by atoms with Gasteiger partial charge in [-0.3, -0.25) is 15.1 Å². The number of nitro groups is 1. The highest BCUT2D eigenvalue weighted by Crippen LogP contribution is 2.45. The van der Waals surface area contributed by atoms with Crippen molar-refractivity contribution in [2.75, 3.05) is 13.6 Å². The molecule has 0 aliphatic carbocycles. The largest absolute Gasteiger partial charge is 0.601 e. The Morgan fingerprint density at radius 2 is 1.86 bits per heavy atom. The number of alkyl halides is 6. The van der Waals surface area contributed by atoms with Gasteiger partial charge in [0.15, 0.2) is 5.75 Å². The number of likely N-dealkylation sites (N-methyl/N-ethyl adjacent to an activating group) is 1. The van der Waals surface area contributed by atoms with Gasteiger partial charge in [0.2, 0.25) is 0 Å². The van der Waals surface area contributed by atoms with Crippen LogP contribution in [0.5, 0.6) is 5.75 Å². The van der Waals surface area contributed by atoms with E-state index in [0.717, 1.165) is 31.3 Å². The van der Waals surface area contributed by atoms with Crippen LogP contribution in [-0.4, -0.2) is 34.4 Å². The minimum Gasteiger partial charge on any atom is -0.307 e. The van der Waals surface area contributed by atoms with Crippen molar-refractivity contribution < 1.29 is 40.7 Å². The van der Waals surface area contributed by atoms with E-state index in [-0.39, 0.29) is 22.7 Å². The summed E-state index contributed by atoms with van der Waals surface area (Å²) in [5.74, 6) is -1.43. The Kier molecular flexibility index (Phi) is 4.49. The summed E-state index contributed by atoms with van der Waals surface area (Å²) in [6.07, 6.45) is -8.99. The average Bonchev–Trinajstić information content (AvgIpc) is 2.59.